The molecule has 0 radical (unpaired) electrons. The summed E-state index contributed by atoms with van der Waals surface area (Å²) in [4.78, 5) is 11.1. The van der Waals surface area contributed by atoms with E-state index in [0.717, 1.165) is 0 Å². The molecule has 0 aliphatic carbocycles. The molecule has 0 heterocycles. The lowest BCUT2D eigenvalue weighted by Gasteiger charge is -2.17. The Hall–Kier alpha value is -0.610. The Morgan fingerprint density at radius 2 is 2.18 bits per heavy atom. The van der Waals surface area contributed by atoms with Crippen molar-refractivity contribution in [3.8, 4) is 0 Å². The van der Waals surface area contributed by atoms with Crippen molar-refractivity contribution in [1.82, 2.24) is 5.43 Å². The maximum absolute atomic E-state index is 11.1. The first kappa shape index (κ1) is 10.4. The number of carbonyl (C=O) groups excluding carboxylic acids is 1. The van der Waals surface area contributed by atoms with Gasteiger partial charge >= 0.3 is 5.97 Å². The highest BCUT2D eigenvalue weighted by atomic mass is 16.5. The Bertz CT molecular complexity index is 126. The number of nitrogens with two attached hydrogens (primary N) is 1. The summed E-state index contributed by atoms with van der Waals surface area (Å²) < 4.78 is 4.77. The molecule has 0 bridgehead atoms. The quantitative estimate of drug-likeness (QED) is 0.346. The molecule has 0 aliphatic rings. The van der Waals surface area contributed by atoms with Crippen LogP contribution in [0.4, 0.5) is 0 Å². The molecule has 4 nitrogen and oxygen atoms in total. The summed E-state index contributed by atoms with van der Waals surface area (Å²) in [6.45, 7) is 5.97. The van der Waals surface area contributed by atoms with Gasteiger partial charge in [0.2, 0.25) is 0 Å². The smallest absolute Gasteiger partial charge is 0.324 e. The molecule has 3 N–H and O–H groups in total. The number of ether oxygens (including phenoxy) is 1. The Labute approximate surface area is 67.1 Å². The molecule has 4 heteroatoms. The van der Waals surface area contributed by atoms with Crippen LogP contribution in [-0.2, 0) is 9.53 Å². The van der Waals surface area contributed by atoms with E-state index in [0.29, 0.717) is 6.61 Å². The zero-order chi connectivity index (χ0) is 8.85. The van der Waals surface area contributed by atoms with Gasteiger partial charge < -0.3 is 4.74 Å². The highest BCUT2D eigenvalue weighted by Crippen LogP contribution is 2.01. The monoisotopic (exact) mass is 160 g/mol. The van der Waals surface area contributed by atoms with Crippen molar-refractivity contribution >= 4 is 5.97 Å². The van der Waals surface area contributed by atoms with Crippen molar-refractivity contribution in [3.63, 3.8) is 0 Å². The van der Waals surface area contributed by atoms with Crippen LogP contribution in [0.3, 0.4) is 0 Å². The predicted octanol–water partition coefficient (Wildman–Crippen LogP) is 0.0374. The standard InChI is InChI=1S/C7H16N2O2/c1-4-11-7(10)6(9-8)5(2)3/h5-6,9H,4,8H2,1-3H3. The van der Waals surface area contributed by atoms with Gasteiger partial charge in [0.1, 0.15) is 6.04 Å². The average molecular weight is 160 g/mol. The molecule has 0 spiro atoms. The summed E-state index contributed by atoms with van der Waals surface area (Å²) >= 11 is 0. The fraction of sp³-hybridized carbons (Fsp3) is 0.857. The third-order valence-electron chi connectivity index (χ3n) is 1.39. The van der Waals surface area contributed by atoms with Crippen molar-refractivity contribution in [1.29, 1.82) is 0 Å². The maximum Gasteiger partial charge on any atom is 0.324 e. The number of hydrazine groups is 1. The summed E-state index contributed by atoms with van der Waals surface area (Å²) in [6, 6.07) is -0.394. The highest BCUT2D eigenvalue weighted by Gasteiger charge is 2.21. The Kier molecular flexibility index (Phi) is 4.81. The summed E-state index contributed by atoms with van der Waals surface area (Å²) in [5.74, 6) is 5.02. The molecule has 0 aromatic rings. The van der Waals surface area contributed by atoms with Gasteiger partial charge in [-0.05, 0) is 12.8 Å². The van der Waals surface area contributed by atoms with Crippen LogP contribution < -0.4 is 11.3 Å². The van der Waals surface area contributed by atoms with E-state index in [1.165, 1.54) is 0 Å². The predicted molar refractivity (Wildman–Crippen MR) is 42.6 cm³/mol. The van der Waals surface area contributed by atoms with Gasteiger partial charge in [0.25, 0.3) is 0 Å². The molecule has 0 saturated heterocycles. The van der Waals surface area contributed by atoms with E-state index in [1.807, 2.05) is 13.8 Å². The highest BCUT2D eigenvalue weighted by molar-refractivity contribution is 5.75. The molecular formula is C7H16N2O2. The Morgan fingerprint density at radius 1 is 1.64 bits per heavy atom. The van der Waals surface area contributed by atoms with Gasteiger partial charge in [0, 0.05) is 0 Å². The van der Waals surface area contributed by atoms with Gasteiger partial charge in [0.15, 0.2) is 0 Å². The SMILES string of the molecule is CCOC(=O)C(NN)C(C)C. The fourth-order valence-corrected chi connectivity index (χ4v) is 0.765. The zero-order valence-corrected chi connectivity index (χ0v) is 7.26. The van der Waals surface area contributed by atoms with Crippen LogP contribution in [0.1, 0.15) is 20.8 Å². The van der Waals surface area contributed by atoms with Gasteiger partial charge in [-0.1, -0.05) is 13.8 Å². The van der Waals surface area contributed by atoms with Gasteiger partial charge in [0.05, 0.1) is 6.61 Å². The first-order valence-corrected chi connectivity index (χ1v) is 3.76. The molecule has 0 saturated carbocycles. The summed E-state index contributed by atoms with van der Waals surface area (Å²) in [6.07, 6.45) is 0. The van der Waals surface area contributed by atoms with Gasteiger partial charge in [-0.2, -0.15) is 0 Å². The maximum atomic E-state index is 11.1. The normalized spacial score (nSPS) is 13.2. The van der Waals surface area contributed by atoms with Crippen molar-refractivity contribution in [2.24, 2.45) is 11.8 Å². The van der Waals surface area contributed by atoms with Gasteiger partial charge in [-0.15, -0.1) is 0 Å². The molecule has 0 aromatic carbocycles. The van der Waals surface area contributed by atoms with Crippen LogP contribution in [0.15, 0.2) is 0 Å². The molecule has 0 amide bonds. The van der Waals surface area contributed by atoms with E-state index >= 15 is 0 Å². The second kappa shape index (κ2) is 5.09. The van der Waals surface area contributed by atoms with E-state index in [4.69, 9.17) is 10.6 Å². The van der Waals surface area contributed by atoms with Crippen molar-refractivity contribution in [2.75, 3.05) is 6.61 Å². The molecule has 0 aromatic heterocycles. The second-order valence-corrected chi connectivity index (χ2v) is 2.64. The minimum atomic E-state index is -0.394. The number of nitrogens with one attached hydrogen (secondary N) is 1. The van der Waals surface area contributed by atoms with Crippen LogP contribution in [0.5, 0.6) is 0 Å². The number of hydrogen-bond acceptors (Lipinski definition) is 4. The zero-order valence-electron chi connectivity index (χ0n) is 7.26. The number of hydrogen-bond donors (Lipinski definition) is 2. The summed E-state index contributed by atoms with van der Waals surface area (Å²) in [5.41, 5.74) is 2.41. The van der Waals surface area contributed by atoms with Crippen LogP contribution in [0.2, 0.25) is 0 Å². The molecule has 0 aliphatic heterocycles. The molecular weight excluding hydrogens is 144 g/mol. The van der Waals surface area contributed by atoms with E-state index in [-0.39, 0.29) is 11.9 Å². The first-order chi connectivity index (χ1) is 5.13. The number of carbonyl (C=O) groups is 1. The van der Waals surface area contributed by atoms with Crippen molar-refractivity contribution < 1.29 is 9.53 Å². The third-order valence-corrected chi connectivity index (χ3v) is 1.39. The third kappa shape index (κ3) is 3.34. The average Bonchev–Trinajstić information content (AvgIpc) is 1.88. The molecule has 11 heavy (non-hydrogen) atoms. The van der Waals surface area contributed by atoms with Crippen LogP contribution >= 0.6 is 0 Å². The van der Waals surface area contributed by atoms with Gasteiger partial charge in [-0.3, -0.25) is 10.6 Å². The lowest BCUT2D eigenvalue weighted by molar-refractivity contribution is -0.146. The van der Waals surface area contributed by atoms with Crippen LogP contribution in [-0.4, -0.2) is 18.6 Å². The van der Waals surface area contributed by atoms with E-state index in [9.17, 15) is 4.79 Å². The van der Waals surface area contributed by atoms with E-state index < -0.39 is 6.04 Å². The summed E-state index contributed by atoms with van der Waals surface area (Å²) in [7, 11) is 0. The second-order valence-electron chi connectivity index (χ2n) is 2.64. The summed E-state index contributed by atoms with van der Waals surface area (Å²) in [5, 5.41) is 0. The molecule has 0 fully saturated rings. The molecule has 0 rings (SSSR count). The topological polar surface area (TPSA) is 64.3 Å². The Morgan fingerprint density at radius 3 is 2.45 bits per heavy atom. The van der Waals surface area contributed by atoms with E-state index in [1.54, 1.807) is 6.92 Å². The number of rotatable bonds is 4. The number of esters is 1. The van der Waals surface area contributed by atoms with Crippen molar-refractivity contribution in [2.45, 2.75) is 26.8 Å². The van der Waals surface area contributed by atoms with Crippen LogP contribution in [0.25, 0.3) is 0 Å². The van der Waals surface area contributed by atoms with Gasteiger partial charge in [-0.25, -0.2) is 5.43 Å². The first-order valence-electron chi connectivity index (χ1n) is 3.76. The molecule has 1 unspecified atom stereocenters. The Balaban J connectivity index is 3.92. The minimum absolute atomic E-state index is 0.152. The molecule has 66 valence electrons. The van der Waals surface area contributed by atoms with E-state index in [2.05, 4.69) is 5.43 Å². The molecule has 1 atom stereocenters. The lowest BCUT2D eigenvalue weighted by Crippen LogP contribution is -2.45. The lowest BCUT2D eigenvalue weighted by atomic mass is 10.1. The van der Waals surface area contributed by atoms with Crippen molar-refractivity contribution in [3.05, 3.63) is 0 Å². The van der Waals surface area contributed by atoms with Crippen LogP contribution in [0, 0.1) is 5.92 Å². The minimum Gasteiger partial charge on any atom is -0.465 e. The fourth-order valence-electron chi connectivity index (χ4n) is 0.765. The largest absolute Gasteiger partial charge is 0.465 e.